The van der Waals surface area contributed by atoms with Gasteiger partial charge in [0.05, 0.1) is 22.2 Å². The third-order valence-electron chi connectivity index (χ3n) is 3.23. The van der Waals surface area contributed by atoms with Crippen LogP contribution < -0.4 is 5.32 Å². The van der Waals surface area contributed by atoms with E-state index in [2.05, 4.69) is 5.32 Å². The van der Waals surface area contributed by atoms with Crippen LogP contribution in [0.5, 0.6) is 0 Å². The Kier molecular flexibility index (Phi) is 4.49. The van der Waals surface area contributed by atoms with Crippen molar-refractivity contribution < 1.29 is 9.90 Å². The number of aliphatic hydroxyl groups excluding tert-OH is 1. The van der Waals surface area contributed by atoms with Crippen molar-refractivity contribution in [1.29, 1.82) is 0 Å². The molecule has 0 saturated heterocycles. The molecular weight excluding hydrogens is 273 g/mol. The van der Waals surface area contributed by atoms with Gasteiger partial charge in [0.1, 0.15) is 0 Å². The molecular formula is C13H15Cl2NO2. The number of nitrogens with one attached hydrogen (secondary N) is 1. The molecule has 1 aliphatic carbocycles. The summed E-state index contributed by atoms with van der Waals surface area (Å²) in [5, 5.41) is 13.4. The summed E-state index contributed by atoms with van der Waals surface area (Å²) >= 11 is 11.7. The maximum absolute atomic E-state index is 12.0. The number of benzene rings is 1. The van der Waals surface area contributed by atoms with Gasteiger partial charge < -0.3 is 10.4 Å². The normalized spacial score (nSPS) is 23.7. The maximum Gasteiger partial charge on any atom is 0.251 e. The van der Waals surface area contributed by atoms with Crippen molar-refractivity contribution in [3.05, 3.63) is 33.8 Å². The summed E-state index contributed by atoms with van der Waals surface area (Å²) in [6, 6.07) is 4.59. The highest BCUT2D eigenvalue weighted by Gasteiger charge is 2.24. The lowest BCUT2D eigenvalue weighted by atomic mass is 9.92. The number of carbonyl (C=O) groups is 1. The SMILES string of the molecule is O=C(N[C@@H]1CCCC[C@H]1O)c1ccc(Cl)c(Cl)c1. The fourth-order valence-corrected chi connectivity index (χ4v) is 2.47. The molecule has 1 aromatic carbocycles. The van der Waals surface area contributed by atoms with Gasteiger partial charge in [-0.05, 0) is 31.0 Å². The van der Waals surface area contributed by atoms with E-state index in [-0.39, 0.29) is 11.9 Å². The van der Waals surface area contributed by atoms with Crippen LogP contribution in [0.2, 0.25) is 10.0 Å². The molecule has 0 unspecified atom stereocenters. The van der Waals surface area contributed by atoms with Crippen LogP contribution in [0, 0.1) is 0 Å². The average molecular weight is 288 g/mol. The van der Waals surface area contributed by atoms with E-state index in [0.29, 0.717) is 15.6 Å². The Bertz CT molecular complexity index is 451. The zero-order valence-electron chi connectivity index (χ0n) is 9.83. The van der Waals surface area contributed by atoms with Gasteiger partial charge in [-0.3, -0.25) is 4.79 Å². The van der Waals surface area contributed by atoms with Crippen LogP contribution in [0.4, 0.5) is 0 Å². The predicted octanol–water partition coefficient (Wildman–Crippen LogP) is 3.03. The third-order valence-corrected chi connectivity index (χ3v) is 3.97. The number of hydrogen-bond acceptors (Lipinski definition) is 2. The predicted molar refractivity (Wildman–Crippen MR) is 72.2 cm³/mol. The number of hydrogen-bond donors (Lipinski definition) is 2. The molecule has 1 fully saturated rings. The van der Waals surface area contributed by atoms with Crippen molar-refractivity contribution in [3.8, 4) is 0 Å². The van der Waals surface area contributed by atoms with Crippen molar-refractivity contribution in [1.82, 2.24) is 5.32 Å². The van der Waals surface area contributed by atoms with Gasteiger partial charge in [-0.1, -0.05) is 36.0 Å². The van der Waals surface area contributed by atoms with Crippen molar-refractivity contribution in [2.24, 2.45) is 0 Å². The summed E-state index contributed by atoms with van der Waals surface area (Å²) in [6.07, 6.45) is 3.15. The van der Waals surface area contributed by atoms with Crippen LogP contribution in [0.1, 0.15) is 36.0 Å². The molecule has 1 aromatic rings. The van der Waals surface area contributed by atoms with Crippen LogP contribution in [0.15, 0.2) is 18.2 Å². The minimum Gasteiger partial charge on any atom is -0.391 e. The van der Waals surface area contributed by atoms with E-state index in [1.807, 2.05) is 0 Å². The second-order valence-corrected chi connectivity index (χ2v) is 5.38. The van der Waals surface area contributed by atoms with Crippen molar-refractivity contribution >= 4 is 29.1 Å². The van der Waals surface area contributed by atoms with E-state index in [4.69, 9.17) is 23.2 Å². The summed E-state index contributed by atoms with van der Waals surface area (Å²) in [5.41, 5.74) is 0.460. The summed E-state index contributed by atoms with van der Waals surface area (Å²) < 4.78 is 0. The van der Waals surface area contributed by atoms with E-state index in [0.717, 1.165) is 25.7 Å². The molecule has 1 amide bonds. The van der Waals surface area contributed by atoms with Gasteiger partial charge in [0.25, 0.3) is 5.91 Å². The van der Waals surface area contributed by atoms with Gasteiger partial charge in [0, 0.05) is 5.56 Å². The molecule has 0 aromatic heterocycles. The van der Waals surface area contributed by atoms with E-state index in [1.165, 1.54) is 6.07 Å². The quantitative estimate of drug-likeness (QED) is 0.878. The highest BCUT2D eigenvalue weighted by atomic mass is 35.5. The zero-order chi connectivity index (χ0) is 13.1. The molecule has 98 valence electrons. The lowest BCUT2D eigenvalue weighted by molar-refractivity contribution is 0.0717. The Morgan fingerprint density at radius 2 is 1.94 bits per heavy atom. The van der Waals surface area contributed by atoms with Crippen LogP contribution in [0.25, 0.3) is 0 Å². The summed E-state index contributed by atoms with van der Waals surface area (Å²) in [4.78, 5) is 12.0. The maximum atomic E-state index is 12.0. The summed E-state index contributed by atoms with van der Waals surface area (Å²) in [7, 11) is 0. The second-order valence-electron chi connectivity index (χ2n) is 4.56. The highest BCUT2D eigenvalue weighted by molar-refractivity contribution is 6.42. The zero-order valence-corrected chi connectivity index (χ0v) is 11.3. The molecule has 18 heavy (non-hydrogen) atoms. The minimum atomic E-state index is -0.453. The molecule has 0 spiro atoms. The van der Waals surface area contributed by atoms with Gasteiger partial charge in [-0.15, -0.1) is 0 Å². The van der Waals surface area contributed by atoms with Gasteiger partial charge in [0.2, 0.25) is 0 Å². The molecule has 1 aliphatic rings. The number of amides is 1. The van der Waals surface area contributed by atoms with Crippen molar-refractivity contribution in [2.75, 3.05) is 0 Å². The largest absolute Gasteiger partial charge is 0.391 e. The van der Waals surface area contributed by atoms with Gasteiger partial charge >= 0.3 is 0 Å². The molecule has 5 heteroatoms. The Morgan fingerprint density at radius 3 is 2.61 bits per heavy atom. The van der Waals surface area contributed by atoms with Crippen LogP contribution in [0.3, 0.4) is 0 Å². The lowest BCUT2D eigenvalue weighted by Crippen LogP contribution is -2.45. The first-order valence-corrected chi connectivity index (χ1v) is 6.77. The molecule has 3 nitrogen and oxygen atoms in total. The highest BCUT2D eigenvalue weighted by Crippen LogP contribution is 2.23. The Labute approximate surface area is 116 Å². The van der Waals surface area contributed by atoms with Crippen molar-refractivity contribution in [2.45, 2.75) is 37.8 Å². The van der Waals surface area contributed by atoms with Gasteiger partial charge in [-0.25, -0.2) is 0 Å². The molecule has 0 aliphatic heterocycles. The fraction of sp³-hybridized carbons (Fsp3) is 0.462. The van der Waals surface area contributed by atoms with Gasteiger partial charge in [-0.2, -0.15) is 0 Å². The van der Waals surface area contributed by atoms with E-state index in [1.54, 1.807) is 12.1 Å². The lowest BCUT2D eigenvalue weighted by Gasteiger charge is -2.28. The average Bonchev–Trinajstić information content (AvgIpc) is 2.35. The van der Waals surface area contributed by atoms with Gasteiger partial charge in [0.15, 0.2) is 0 Å². The Hall–Kier alpha value is -0.770. The van der Waals surface area contributed by atoms with Crippen LogP contribution in [-0.4, -0.2) is 23.2 Å². The number of halogens is 2. The first-order chi connectivity index (χ1) is 8.58. The number of carbonyl (C=O) groups excluding carboxylic acids is 1. The molecule has 1 saturated carbocycles. The Balaban J connectivity index is 2.04. The number of aliphatic hydroxyl groups is 1. The topological polar surface area (TPSA) is 49.3 Å². The van der Waals surface area contributed by atoms with Crippen LogP contribution in [-0.2, 0) is 0 Å². The molecule has 0 bridgehead atoms. The molecule has 2 atom stereocenters. The van der Waals surface area contributed by atoms with E-state index in [9.17, 15) is 9.90 Å². The van der Waals surface area contributed by atoms with Crippen LogP contribution >= 0.6 is 23.2 Å². The number of rotatable bonds is 2. The fourth-order valence-electron chi connectivity index (χ4n) is 2.17. The molecule has 0 radical (unpaired) electrons. The second kappa shape index (κ2) is 5.91. The summed E-state index contributed by atoms with van der Waals surface area (Å²) in [6.45, 7) is 0. The first kappa shape index (κ1) is 13.7. The molecule has 2 N–H and O–H groups in total. The minimum absolute atomic E-state index is 0.166. The molecule has 0 heterocycles. The smallest absolute Gasteiger partial charge is 0.251 e. The standard InChI is InChI=1S/C13H15Cl2NO2/c14-9-6-5-8(7-10(9)15)13(18)16-11-3-1-2-4-12(11)17/h5-7,11-12,17H,1-4H2,(H,16,18)/t11-,12-/m1/s1. The Morgan fingerprint density at radius 1 is 1.22 bits per heavy atom. The monoisotopic (exact) mass is 287 g/mol. The first-order valence-electron chi connectivity index (χ1n) is 6.02. The summed E-state index contributed by atoms with van der Waals surface area (Å²) in [5.74, 6) is -0.223. The third kappa shape index (κ3) is 3.16. The molecule has 2 rings (SSSR count). The van der Waals surface area contributed by atoms with Crippen molar-refractivity contribution in [3.63, 3.8) is 0 Å². The van der Waals surface area contributed by atoms with E-state index >= 15 is 0 Å². The van der Waals surface area contributed by atoms with E-state index < -0.39 is 6.10 Å².